The molecule has 0 aromatic rings. The standard InChI is InChI=1S/C20H48N3O3/c1-12-18(13-21(2,3)4)25-17-20(15-23(8,9)10)26-16-19(24-11)14-22(5,6)7/h18-20H,12-17H2,1-11H3/q+3. The maximum atomic E-state index is 6.26. The van der Waals surface area contributed by atoms with E-state index in [0.717, 1.165) is 39.5 Å². The number of hydrogen-bond acceptors (Lipinski definition) is 3. The van der Waals surface area contributed by atoms with Crippen molar-refractivity contribution < 1.29 is 27.7 Å². The summed E-state index contributed by atoms with van der Waals surface area (Å²) in [5, 5.41) is 0. The zero-order valence-corrected chi connectivity index (χ0v) is 19.5. The van der Waals surface area contributed by atoms with Gasteiger partial charge in [0.15, 0.2) is 0 Å². The van der Waals surface area contributed by atoms with Crippen LogP contribution < -0.4 is 0 Å². The van der Waals surface area contributed by atoms with Gasteiger partial charge in [-0.3, -0.25) is 0 Å². The Hall–Kier alpha value is -0.240. The summed E-state index contributed by atoms with van der Waals surface area (Å²) < 4.78 is 20.8. The smallest absolute Gasteiger partial charge is 0.130 e. The van der Waals surface area contributed by atoms with E-state index < -0.39 is 0 Å². The molecule has 0 aromatic carbocycles. The van der Waals surface area contributed by atoms with Crippen LogP contribution in [0.25, 0.3) is 0 Å². The number of ether oxygens (including phenoxy) is 3. The topological polar surface area (TPSA) is 27.7 Å². The summed E-state index contributed by atoms with van der Waals surface area (Å²) in [7, 11) is 21.5. The van der Waals surface area contributed by atoms with Gasteiger partial charge in [-0.2, -0.15) is 0 Å². The highest BCUT2D eigenvalue weighted by Crippen LogP contribution is 2.09. The molecule has 0 bridgehead atoms. The van der Waals surface area contributed by atoms with Gasteiger partial charge in [-0.15, -0.1) is 0 Å². The van der Waals surface area contributed by atoms with Gasteiger partial charge < -0.3 is 27.7 Å². The highest BCUT2D eigenvalue weighted by atomic mass is 16.6. The molecule has 0 amide bonds. The van der Waals surface area contributed by atoms with E-state index >= 15 is 0 Å². The van der Waals surface area contributed by atoms with Crippen molar-refractivity contribution >= 4 is 0 Å². The minimum Gasteiger partial charge on any atom is -0.373 e. The average molecular weight is 379 g/mol. The second-order valence-corrected chi connectivity index (χ2v) is 10.6. The van der Waals surface area contributed by atoms with Gasteiger partial charge in [-0.25, -0.2) is 0 Å². The first-order valence-electron chi connectivity index (χ1n) is 9.82. The van der Waals surface area contributed by atoms with E-state index in [1.54, 1.807) is 7.11 Å². The van der Waals surface area contributed by atoms with Crippen LogP contribution in [0, 0.1) is 0 Å². The lowest BCUT2D eigenvalue weighted by Crippen LogP contribution is -2.48. The van der Waals surface area contributed by atoms with Crippen LogP contribution in [0.3, 0.4) is 0 Å². The van der Waals surface area contributed by atoms with Crippen LogP contribution >= 0.6 is 0 Å². The van der Waals surface area contributed by atoms with E-state index in [1.807, 2.05) is 0 Å². The van der Waals surface area contributed by atoms with Gasteiger partial charge in [0, 0.05) is 7.11 Å². The first-order valence-corrected chi connectivity index (χ1v) is 9.82. The number of hydrogen-bond donors (Lipinski definition) is 0. The van der Waals surface area contributed by atoms with E-state index in [0.29, 0.717) is 13.2 Å². The number of nitrogens with zero attached hydrogens (tertiary/aromatic N) is 3. The van der Waals surface area contributed by atoms with Crippen molar-refractivity contribution in [2.75, 3.05) is 103 Å². The van der Waals surface area contributed by atoms with Crippen molar-refractivity contribution in [3.05, 3.63) is 0 Å². The quantitative estimate of drug-likeness (QED) is 0.427. The van der Waals surface area contributed by atoms with Crippen LogP contribution in [0.5, 0.6) is 0 Å². The molecule has 0 saturated heterocycles. The minimum absolute atomic E-state index is 0.0710. The second-order valence-electron chi connectivity index (χ2n) is 10.6. The van der Waals surface area contributed by atoms with Crippen molar-refractivity contribution in [1.29, 1.82) is 0 Å². The normalized spacial score (nSPS) is 17.2. The highest BCUT2D eigenvalue weighted by Gasteiger charge is 2.25. The molecule has 6 nitrogen and oxygen atoms in total. The third-order valence-electron chi connectivity index (χ3n) is 4.08. The molecule has 3 atom stereocenters. The Bertz CT molecular complexity index is 342. The number of methoxy groups -OCH3 is 1. The predicted octanol–water partition coefficient (Wildman–Crippen LogP) is 1.30. The van der Waals surface area contributed by atoms with Gasteiger partial charge in [-0.1, -0.05) is 6.92 Å². The molecule has 3 unspecified atom stereocenters. The molecule has 6 heteroatoms. The first kappa shape index (κ1) is 25.8. The molecule has 0 aliphatic heterocycles. The molecule has 0 aliphatic rings. The van der Waals surface area contributed by atoms with Crippen molar-refractivity contribution in [1.82, 2.24) is 0 Å². The lowest BCUT2D eigenvalue weighted by molar-refractivity contribution is -0.876. The van der Waals surface area contributed by atoms with E-state index in [4.69, 9.17) is 14.2 Å². The Morgan fingerprint density at radius 3 is 1.31 bits per heavy atom. The van der Waals surface area contributed by atoms with Gasteiger partial charge in [0.25, 0.3) is 0 Å². The SMILES string of the molecule is CCC(C[N+](C)(C)C)OCC(C[N+](C)(C)C)OCC(C[N+](C)(C)C)OC. The van der Waals surface area contributed by atoms with E-state index in [9.17, 15) is 0 Å². The molecule has 0 aromatic heterocycles. The van der Waals surface area contributed by atoms with Gasteiger partial charge in [-0.05, 0) is 6.42 Å². The fraction of sp³-hybridized carbons (Fsp3) is 1.00. The van der Waals surface area contributed by atoms with E-state index in [1.165, 1.54) is 0 Å². The lowest BCUT2D eigenvalue weighted by Gasteiger charge is -2.33. The van der Waals surface area contributed by atoms with Crippen molar-refractivity contribution in [3.63, 3.8) is 0 Å². The van der Waals surface area contributed by atoms with Crippen LogP contribution in [0.15, 0.2) is 0 Å². The largest absolute Gasteiger partial charge is 0.373 e. The third kappa shape index (κ3) is 14.9. The molecule has 0 N–H and O–H groups in total. The van der Waals surface area contributed by atoms with Crippen LogP contribution in [0.4, 0.5) is 0 Å². The Kier molecular flexibility index (Phi) is 10.8. The summed E-state index contributed by atoms with van der Waals surface area (Å²) in [6.45, 7) is 6.28. The average Bonchev–Trinajstić information content (AvgIpc) is 2.43. The molecule has 0 saturated carbocycles. The Morgan fingerprint density at radius 2 is 0.923 bits per heavy atom. The fourth-order valence-corrected chi connectivity index (χ4v) is 2.97. The molecule has 0 heterocycles. The molecular formula is C20H48N3O3+3. The molecule has 0 rings (SSSR count). The van der Waals surface area contributed by atoms with Crippen LogP contribution in [-0.2, 0) is 14.2 Å². The Morgan fingerprint density at radius 1 is 0.577 bits per heavy atom. The maximum absolute atomic E-state index is 6.26. The fourth-order valence-electron chi connectivity index (χ4n) is 2.97. The highest BCUT2D eigenvalue weighted by molar-refractivity contribution is 4.63. The van der Waals surface area contributed by atoms with Gasteiger partial charge in [0.2, 0.25) is 0 Å². The second kappa shape index (κ2) is 10.9. The van der Waals surface area contributed by atoms with Crippen LogP contribution in [0.2, 0.25) is 0 Å². The van der Waals surface area contributed by atoms with Crippen molar-refractivity contribution in [3.8, 4) is 0 Å². The van der Waals surface area contributed by atoms with Gasteiger partial charge in [0.1, 0.15) is 37.9 Å². The number of quaternary nitrogens is 3. The summed E-state index contributed by atoms with van der Waals surface area (Å²) in [6, 6.07) is 0. The Balaban J connectivity index is 4.74. The van der Waals surface area contributed by atoms with Crippen molar-refractivity contribution in [2.45, 2.75) is 31.7 Å². The third-order valence-corrected chi connectivity index (χ3v) is 4.08. The summed E-state index contributed by atoms with van der Waals surface area (Å²) in [6.07, 6.45) is 1.45. The monoisotopic (exact) mass is 378 g/mol. The molecule has 0 aliphatic carbocycles. The van der Waals surface area contributed by atoms with Gasteiger partial charge in [0.05, 0.1) is 76.6 Å². The molecule has 26 heavy (non-hydrogen) atoms. The zero-order chi connectivity index (χ0) is 20.6. The van der Waals surface area contributed by atoms with E-state index in [2.05, 4.69) is 70.4 Å². The van der Waals surface area contributed by atoms with Crippen molar-refractivity contribution in [2.24, 2.45) is 0 Å². The molecule has 0 radical (unpaired) electrons. The Labute approximate surface area is 163 Å². The molecule has 0 spiro atoms. The lowest BCUT2D eigenvalue weighted by atomic mass is 10.2. The molecule has 158 valence electrons. The van der Waals surface area contributed by atoms with Crippen LogP contribution in [-0.4, -0.2) is 135 Å². The summed E-state index contributed by atoms with van der Waals surface area (Å²) in [5.74, 6) is 0. The van der Waals surface area contributed by atoms with Gasteiger partial charge >= 0.3 is 0 Å². The minimum atomic E-state index is 0.0710. The molecular weight excluding hydrogens is 330 g/mol. The summed E-state index contributed by atoms with van der Waals surface area (Å²) in [5.41, 5.74) is 0. The maximum Gasteiger partial charge on any atom is 0.130 e. The predicted molar refractivity (Wildman–Crippen MR) is 109 cm³/mol. The van der Waals surface area contributed by atoms with Crippen LogP contribution in [0.1, 0.15) is 13.3 Å². The summed E-state index contributed by atoms with van der Waals surface area (Å²) in [4.78, 5) is 0. The summed E-state index contributed by atoms with van der Waals surface area (Å²) >= 11 is 0. The number of likely N-dealkylation sites (N-methyl/N-ethyl adjacent to an activating group) is 3. The zero-order valence-electron chi connectivity index (χ0n) is 19.5. The number of rotatable bonds is 14. The molecule has 0 fully saturated rings. The first-order chi connectivity index (χ1) is 11.6. The van der Waals surface area contributed by atoms with E-state index in [-0.39, 0.29) is 18.3 Å².